The van der Waals surface area contributed by atoms with E-state index in [0.717, 1.165) is 12.8 Å². The summed E-state index contributed by atoms with van der Waals surface area (Å²) in [5.74, 6) is 0. The molecule has 3 aliphatic carbocycles. The van der Waals surface area contributed by atoms with Crippen molar-refractivity contribution < 1.29 is 0 Å². The van der Waals surface area contributed by atoms with Gasteiger partial charge in [0.1, 0.15) is 0 Å². The van der Waals surface area contributed by atoms with Crippen LogP contribution in [0.15, 0.2) is 115 Å². The molecule has 0 heteroatoms. The monoisotopic (exact) mass is 803 g/mol. The molecule has 0 N–H and O–H groups in total. The second-order valence-electron chi connectivity index (χ2n) is 19.3. The summed E-state index contributed by atoms with van der Waals surface area (Å²) >= 11 is 0. The van der Waals surface area contributed by atoms with Gasteiger partial charge in [-0.05, 0) is 170 Å². The van der Waals surface area contributed by atoms with Gasteiger partial charge < -0.3 is 0 Å². The molecule has 0 unspecified atom stereocenters. The summed E-state index contributed by atoms with van der Waals surface area (Å²) in [6.45, 7) is 16.6. The molecule has 314 valence electrons. The van der Waals surface area contributed by atoms with Gasteiger partial charge in [0.2, 0.25) is 0 Å². The Labute approximate surface area is 369 Å². The predicted molar refractivity (Wildman–Crippen MR) is 264 cm³/mol. The third-order valence-electron chi connectivity index (χ3n) is 15.6. The number of hydrogen-bond acceptors (Lipinski definition) is 0. The molecule has 6 aromatic carbocycles. The van der Waals surface area contributed by atoms with Crippen LogP contribution in [0.4, 0.5) is 0 Å². The topological polar surface area (TPSA) is 0 Å². The summed E-state index contributed by atoms with van der Waals surface area (Å²) in [5, 5.41) is 0. The molecule has 0 spiro atoms. The first kappa shape index (κ1) is 41.7. The molecule has 0 atom stereocenters. The maximum absolute atomic E-state index is 2.63. The van der Waals surface area contributed by atoms with E-state index in [9.17, 15) is 0 Å². The largest absolute Gasteiger partial charge is 0.0654 e. The van der Waals surface area contributed by atoms with Crippen molar-refractivity contribution in [3.05, 3.63) is 154 Å². The van der Waals surface area contributed by atoms with Gasteiger partial charge in [-0.25, -0.2) is 0 Å². The Morgan fingerprint density at radius 2 is 0.607 bits per heavy atom. The smallest absolute Gasteiger partial charge is 0.0215 e. The molecule has 0 aliphatic heterocycles. The van der Waals surface area contributed by atoms with Crippen molar-refractivity contribution in [3.63, 3.8) is 0 Å². The molecule has 0 fully saturated rings. The molecule has 0 radical (unpaired) electrons. The minimum absolute atomic E-state index is 0.00262. The van der Waals surface area contributed by atoms with Crippen molar-refractivity contribution in [3.8, 4) is 55.6 Å². The Balaban J connectivity index is 1.14. The Morgan fingerprint density at radius 3 is 0.967 bits per heavy atom. The normalized spacial score (nSPS) is 15.5. The van der Waals surface area contributed by atoms with E-state index in [2.05, 4.69) is 164 Å². The number of hydrogen-bond donors (Lipinski definition) is 0. The highest BCUT2D eigenvalue weighted by molar-refractivity contribution is 5.89. The van der Waals surface area contributed by atoms with Crippen LogP contribution in [0.3, 0.4) is 0 Å². The summed E-state index contributed by atoms with van der Waals surface area (Å²) in [7, 11) is 0. The molecular weight excluding hydrogens is 733 g/mol. The van der Waals surface area contributed by atoms with Crippen LogP contribution in [0.2, 0.25) is 0 Å². The van der Waals surface area contributed by atoms with E-state index in [4.69, 9.17) is 0 Å². The fourth-order valence-electron chi connectivity index (χ4n) is 13.3. The van der Waals surface area contributed by atoms with E-state index < -0.39 is 0 Å². The Bertz CT molecular complexity index is 2540. The maximum Gasteiger partial charge on any atom is 0.0215 e. The third kappa shape index (κ3) is 6.52. The van der Waals surface area contributed by atoms with Crippen LogP contribution >= 0.6 is 0 Å². The van der Waals surface area contributed by atoms with Crippen LogP contribution in [0, 0.1) is 0 Å². The summed E-state index contributed by atoms with van der Waals surface area (Å²) < 4.78 is 0. The fraction of sp³-hybridized carbons (Fsp3) is 0.410. The molecule has 3 aliphatic rings. The first-order valence-electron chi connectivity index (χ1n) is 24.7. The standard InChI is InChI=1S/C61H70/c1-8-15-18-42-21-26-48-50-28-23-44(39-56(50)60(33-11-4,34-12-5)54(48)37-42)46-25-30-52-51-29-24-45(40-57(51)61(35-13-6,36-14-7)58(52)41-46)43-22-27-49-47-19-16-17-20-53(47)59(31-9-2,32-10-3)55(49)38-43/h16-17,19-30,37-41H,8-15,18,31-36H2,1-7H3. The third-order valence-corrected chi connectivity index (χ3v) is 15.6. The van der Waals surface area contributed by atoms with Gasteiger partial charge in [0.25, 0.3) is 0 Å². The molecular formula is C61H70. The minimum atomic E-state index is -0.00262. The fourth-order valence-corrected chi connectivity index (χ4v) is 13.3. The van der Waals surface area contributed by atoms with Crippen molar-refractivity contribution in [2.45, 2.75) is 161 Å². The lowest BCUT2D eigenvalue weighted by Gasteiger charge is -2.33. The van der Waals surface area contributed by atoms with Crippen LogP contribution in [-0.2, 0) is 22.7 Å². The van der Waals surface area contributed by atoms with Crippen molar-refractivity contribution in [2.75, 3.05) is 0 Å². The summed E-state index contributed by atoms with van der Waals surface area (Å²) in [6.07, 6.45) is 17.9. The zero-order chi connectivity index (χ0) is 42.4. The van der Waals surface area contributed by atoms with Gasteiger partial charge in [0.05, 0.1) is 0 Å². The quantitative estimate of drug-likeness (QED) is 0.0862. The summed E-state index contributed by atoms with van der Waals surface area (Å²) in [6, 6.07) is 46.9. The lowest BCUT2D eigenvalue weighted by Crippen LogP contribution is -2.25. The SMILES string of the molecule is CCCCc1ccc2c(c1)C(CCC)(CCC)c1cc(-c3ccc4c(c3)C(CCC)(CCC)c3cc(-c5ccc6c(c5)C(CCC)(CCC)c5ccccc5-6)ccc3-4)ccc1-2. The van der Waals surface area contributed by atoms with Gasteiger partial charge in [0, 0.05) is 16.2 Å². The molecule has 9 rings (SSSR count). The molecule has 0 saturated carbocycles. The second-order valence-corrected chi connectivity index (χ2v) is 19.3. The second kappa shape index (κ2) is 16.9. The summed E-state index contributed by atoms with van der Waals surface area (Å²) in [5.41, 5.74) is 25.2. The van der Waals surface area contributed by atoms with E-state index in [0.29, 0.717) is 0 Å². The first-order chi connectivity index (χ1) is 29.9. The van der Waals surface area contributed by atoms with Crippen LogP contribution < -0.4 is 0 Å². The van der Waals surface area contributed by atoms with Crippen molar-refractivity contribution in [1.82, 2.24) is 0 Å². The van der Waals surface area contributed by atoms with Gasteiger partial charge in [-0.2, -0.15) is 0 Å². The van der Waals surface area contributed by atoms with E-state index >= 15 is 0 Å². The lowest BCUT2D eigenvalue weighted by atomic mass is 9.70. The van der Waals surface area contributed by atoms with Gasteiger partial charge in [-0.1, -0.05) is 184 Å². The number of fused-ring (bicyclic) bond motifs is 9. The van der Waals surface area contributed by atoms with Crippen molar-refractivity contribution >= 4 is 0 Å². The molecule has 0 nitrogen and oxygen atoms in total. The highest BCUT2D eigenvalue weighted by Gasteiger charge is 2.45. The van der Waals surface area contributed by atoms with E-state index in [1.165, 1.54) is 145 Å². The van der Waals surface area contributed by atoms with E-state index in [1.54, 1.807) is 33.4 Å². The zero-order valence-corrected chi connectivity index (χ0v) is 38.6. The van der Waals surface area contributed by atoms with Crippen LogP contribution in [0.25, 0.3) is 55.6 Å². The zero-order valence-electron chi connectivity index (χ0n) is 38.6. The van der Waals surface area contributed by atoms with Gasteiger partial charge >= 0.3 is 0 Å². The Kier molecular flexibility index (Phi) is 11.5. The first-order valence-corrected chi connectivity index (χ1v) is 24.7. The van der Waals surface area contributed by atoms with E-state index in [1.807, 2.05) is 0 Å². The van der Waals surface area contributed by atoms with Crippen molar-refractivity contribution in [1.29, 1.82) is 0 Å². The highest BCUT2D eigenvalue weighted by Crippen LogP contribution is 2.59. The lowest BCUT2D eigenvalue weighted by molar-refractivity contribution is 0.435. The van der Waals surface area contributed by atoms with Gasteiger partial charge in [-0.15, -0.1) is 0 Å². The number of unbranched alkanes of at least 4 members (excludes halogenated alkanes) is 1. The van der Waals surface area contributed by atoms with Gasteiger partial charge in [-0.3, -0.25) is 0 Å². The number of benzene rings is 6. The molecule has 0 aromatic heterocycles. The predicted octanol–water partition coefficient (Wildman–Crippen LogP) is 18.0. The molecule has 61 heavy (non-hydrogen) atoms. The molecule has 0 bridgehead atoms. The Morgan fingerprint density at radius 1 is 0.295 bits per heavy atom. The Hall–Kier alpha value is -4.68. The average molecular weight is 803 g/mol. The van der Waals surface area contributed by atoms with Crippen molar-refractivity contribution in [2.24, 2.45) is 0 Å². The number of rotatable bonds is 17. The highest BCUT2D eigenvalue weighted by atomic mass is 14.5. The van der Waals surface area contributed by atoms with Crippen LogP contribution in [-0.4, -0.2) is 0 Å². The van der Waals surface area contributed by atoms with Crippen LogP contribution in [0.1, 0.15) is 177 Å². The molecule has 0 amide bonds. The molecule has 0 saturated heterocycles. The molecule has 0 heterocycles. The summed E-state index contributed by atoms with van der Waals surface area (Å²) in [4.78, 5) is 0. The van der Waals surface area contributed by atoms with E-state index in [-0.39, 0.29) is 16.2 Å². The molecule has 6 aromatic rings. The minimum Gasteiger partial charge on any atom is -0.0654 e. The van der Waals surface area contributed by atoms with Crippen LogP contribution in [0.5, 0.6) is 0 Å². The average Bonchev–Trinajstić information content (AvgIpc) is 3.82. The number of aryl methyl sites for hydroxylation is 1. The maximum atomic E-state index is 2.63. The van der Waals surface area contributed by atoms with Gasteiger partial charge in [0.15, 0.2) is 0 Å².